The Kier molecular flexibility index (Phi) is 4.19. The van der Waals surface area contributed by atoms with Crippen molar-refractivity contribution in [2.45, 2.75) is 37.9 Å². The topological polar surface area (TPSA) is 29.3 Å². The maximum Gasteiger partial charge on any atom is 0.389 e. The van der Waals surface area contributed by atoms with E-state index in [9.17, 15) is 13.2 Å². The zero-order valence-corrected chi connectivity index (χ0v) is 8.19. The number of piperidine rings is 1. The molecule has 0 bridgehead atoms. The molecule has 0 aliphatic carbocycles. The summed E-state index contributed by atoms with van der Waals surface area (Å²) in [6.07, 6.45) is -2.50. The lowest BCUT2D eigenvalue weighted by molar-refractivity contribution is -0.136. The summed E-state index contributed by atoms with van der Waals surface area (Å²) in [5.74, 6) is 0. The van der Waals surface area contributed by atoms with Crippen LogP contribution in [0.1, 0.15) is 25.7 Å². The Morgan fingerprint density at radius 1 is 1.36 bits per heavy atom. The van der Waals surface area contributed by atoms with Gasteiger partial charge in [0.2, 0.25) is 0 Å². The predicted octanol–water partition coefficient (Wildman–Crippen LogP) is 1.75. The Hall–Kier alpha value is -0.290. The van der Waals surface area contributed by atoms with Crippen molar-refractivity contribution in [3.05, 3.63) is 0 Å². The molecule has 1 aliphatic rings. The molecule has 2 nitrogen and oxygen atoms in total. The van der Waals surface area contributed by atoms with Gasteiger partial charge in [-0.05, 0) is 32.4 Å². The molecule has 14 heavy (non-hydrogen) atoms. The summed E-state index contributed by atoms with van der Waals surface area (Å²) in [5, 5.41) is 0. The van der Waals surface area contributed by atoms with Crippen LogP contribution in [0, 0.1) is 0 Å². The zero-order chi connectivity index (χ0) is 10.6. The van der Waals surface area contributed by atoms with Gasteiger partial charge in [0, 0.05) is 19.0 Å². The zero-order valence-electron chi connectivity index (χ0n) is 8.19. The highest BCUT2D eigenvalue weighted by Gasteiger charge is 2.27. The van der Waals surface area contributed by atoms with Gasteiger partial charge in [-0.1, -0.05) is 0 Å². The van der Waals surface area contributed by atoms with Gasteiger partial charge in [0.05, 0.1) is 0 Å². The molecule has 0 radical (unpaired) electrons. The first-order valence-corrected chi connectivity index (χ1v) is 5.02. The minimum Gasteiger partial charge on any atom is -0.327 e. The van der Waals surface area contributed by atoms with Crippen molar-refractivity contribution in [3.63, 3.8) is 0 Å². The number of halogens is 3. The summed E-state index contributed by atoms with van der Waals surface area (Å²) in [7, 11) is 0. The molecule has 0 unspecified atom stereocenters. The third-order valence-corrected chi connectivity index (χ3v) is 2.48. The molecular weight excluding hydrogens is 193 g/mol. The van der Waals surface area contributed by atoms with Crippen LogP contribution in [-0.4, -0.2) is 36.8 Å². The average Bonchev–Trinajstić information content (AvgIpc) is 2.01. The minimum atomic E-state index is -4.02. The molecule has 1 atom stereocenters. The van der Waals surface area contributed by atoms with E-state index in [2.05, 4.69) is 0 Å². The summed E-state index contributed by atoms with van der Waals surface area (Å²) in [5.41, 5.74) is 5.72. The number of nitrogens with two attached hydrogens (primary N) is 1. The van der Waals surface area contributed by atoms with Crippen LogP contribution in [0.25, 0.3) is 0 Å². The fourth-order valence-corrected chi connectivity index (χ4v) is 1.80. The van der Waals surface area contributed by atoms with Gasteiger partial charge >= 0.3 is 6.18 Å². The van der Waals surface area contributed by atoms with E-state index in [1.54, 1.807) is 0 Å². The first-order valence-electron chi connectivity index (χ1n) is 5.02. The van der Waals surface area contributed by atoms with Crippen LogP contribution in [0.2, 0.25) is 0 Å². The van der Waals surface area contributed by atoms with Gasteiger partial charge in [-0.25, -0.2) is 0 Å². The second-order valence-electron chi connectivity index (χ2n) is 3.92. The summed E-state index contributed by atoms with van der Waals surface area (Å²) in [4.78, 5) is 2.03. The normalized spacial score (nSPS) is 25.3. The van der Waals surface area contributed by atoms with Crippen molar-refractivity contribution in [3.8, 4) is 0 Å². The molecular formula is C9H17F3N2. The first kappa shape index (κ1) is 11.8. The van der Waals surface area contributed by atoms with Crippen LogP contribution in [0.15, 0.2) is 0 Å². The average molecular weight is 210 g/mol. The van der Waals surface area contributed by atoms with E-state index in [0.717, 1.165) is 25.9 Å². The van der Waals surface area contributed by atoms with Crippen molar-refractivity contribution in [2.24, 2.45) is 5.73 Å². The van der Waals surface area contributed by atoms with Gasteiger partial charge in [-0.15, -0.1) is 0 Å². The summed E-state index contributed by atoms with van der Waals surface area (Å²) < 4.78 is 35.5. The summed E-state index contributed by atoms with van der Waals surface area (Å²) >= 11 is 0. The fourth-order valence-electron chi connectivity index (χ4n) is 1.80. The molecule has 0 saturated carbocycles. The van der Waals surface area contributed by atoms with E-state index < -0.39 is 12.6 Å². The fraction of sp³-hybridized carbons (Fsp3) is 1.00. The van der Waals surface area contributed by atoms with Gasteiger partial charge < -0.3 is 10.6 Å². The van der Waals surface area contributed by atoms with Crippen LogP contribution in [-0.2, 0) is 0 Å². The quantitative estimate of drug-likeness (QED) is 0.769. The van der Waals surface area contributed by atoms with Crippen molar-refractivity contribution < 1.29 is 13.2 Å². The molecule has 2 N–H and O–H groups in total. The second kappa shape index (κ2) is 4.98. The van der Waals surface area contributed by atoms with Gasteiger partial charge in [-0.2, -0.15) is 13.2 Å². The lowest BCUT2D eigenvalue weighted by atomic mass is 10.1. The molecule has 84 valence electrons. The molecule has 1 aliphatic heterocycles. The summed E-state index contributed by atoms with van der Waals surface area (Å²) in [6.45, 7) is 2.16. The van der Waals surface area contributed by atoms with Crippen LogP contribution in [0.4, 0.5) is 13.2 Å². The Morgan fingerprint density at radius 3 is 2.64 bits per heavy atom. The van der Waals surface area contributed by atoms with E-state index in [-0.39, 0.29) is 12.5 Å². The highest BCUT2D eigenvalue weighted by Crippen LogP contribution is 2.21. The number of alkyl halides is 3. The van der Waals surface area contributed by atoms with Gasteiger partial charge in [0.1, 0.15) is 0 Å². The van der Waals surface area contributed by atoms with E-state index >= 15 is 0 Å². The third-order valence-electron chi connectivity index (χ3n) is 2.48. The van der Waals surface area contributed by atoms with Gasteiger partial charge in [0.25, 0.3) is 0 Å². The number of nitrogens with zero attached hydrogens (tertiary/aromatic N) is 1. The van der Waals surface area contributed by atoms with E-state index in [0.29, 0.717) is 6.54 Å². The summed E-state index contributed by atoms with van der Waals surface area (Å²) in [6, 6.07) is 0.148. The highest BCUT2D eigenvalue weighted by molar-refractivity contribution is 4.74. The molecule has 0 amide bonds. The SMILES string of the molecule is N[C@@H]1CCCN(CCCC(F)(F)F)C1. The maximum atomic E-state index is 11.8. The van der Waals surface area contributed by atoms with E-state index in [1.807, 2.05) is 4.90 Å². The van der Waals surface area contributed by atoms with Crippen molar-refractivity contribution >= 4 is 0 Å². The van der Waals surface area contributed by atoms with Crippen LogP contribution in [0.3, 0.4) is 0 Å². The van der Waals surface area contributed by atoms with Crippen LogP contribution in [0.5, 0.6) is 0 Å². The molecule has 0 aromatic carbocycles. The molecule has 0 spiro atoms. The van der Waals surface area contributed by atoms with Crippen molar-refractivity contribution in [2.75, 3.05) is 19.6 Å². The molecule has 1 rings (SSSR count). The van der Waals surface area contributed by atoms with Gasteiger partial charge in [-0.3, -0.25) is 0 Å². The van der Waals surface area contributed by atoms with E-state index in [1.165, 1.54) is 0 Å². The maximum absolute atomic E-state index is 11.8. The lowest BCUT2D eigenvalue weighted by Crippen LogP contribution is -2.43. The van der Waals surface area contributed by atoms with Crippen LogP contribution < -0.4 is 5.73 Å². The number of hydrogen-bond donors (Lipinski definition) is 1. The minimum absolute atomic E-state index is 0.148. The monoisotopic (exact) mass is 210 g/mol. The predicted molar refractivity (Wildman–Crippen MR) is 48.9 cm³/mol. The highest BCUT2D eigenvalue weighted by atomic mass is 19.4. The van der Waals surface area contributed by atoms with E-state index in [4.69, 9.17) is 5.73 Å². The number of likely N-dealkylation sites (tertiary alicyclic amines) is 1. The molecule has 0 aromatic heterocycles. The van der Waals surface area contributed by atoms with Crippen LogP contribution >= 0.6 is 0 Å². The Morgan fingerprint density at radius 2 is 2.07 bits per heavy atom. The second-order valence-corrected chi connectivity index (χ2v) is 3.92. The standard InChI is InChI=1S/C9H17F3N2/c10-9(11,12)4-2-6-14-5-1-3-8(13)7-14/h8H,1-7,13H2/t8-/m1/s1. The van der Waals surface area contributed by atoms with Gasteiger partial charge in [0.15, 0.2) is 0 Å². The van der Waals surface area contributed by atoms with Crippen molar-refractivity contribution in [1.82, 2.24) is 4.90 Å². The first-order chi connectivity index (χ1) is 6.47. The number of rotatable bonds is 3. The Bertz CT molecular complexity index is 170. The largest absolute Gasteiger partial charge is 0.389 e. The molecule has 1 saturated heterocycles. The molecule has 0 aromatic rings. The smallest absolute Gasteiger partial charge is 0.327 e. The molecule has 1 heterocycles. The molecule has 5 heteroatoms. The number of hydrogen-bond acceptors (Lipinski definition) is 2. The Balaban J connectivity index is 2.12. The third kappa shape index (κ3) is 4.81. The Labute approximate surface area is 82.2 Å². The molecule has 1 fully saturated rings. The lowest BCUT2D eigenvalue weighted by Gasteiger charge is -2.30. The van der Waals surface area contributed by atoms with Crippen molar-refractivity contribution in [1.29, 1.82) is 0 Å².